The number of carbonyl (C=O) groups is 1. The molecular weight excluding hydrogens is 381 g/mol. The molecule has 2 aromatic carbocycles. The van der Waals surface area contributed by atoms with Crippen LogP contribution in [-0.2, 0) is 11.3 Å². The van der Waals surface area contributed by atoms with Crippen LogP contribution in [0.3, 0.4) is 0 Å². The fraction of sp³-hybridized carbons (Fsp3) is 0.211. The lowest BCUT2D eigenvalue weighted by molar-refractivity contribution is -0.384. The summed E-state index contributed by atoms with van der Waals surface area (Å²) in [4.78, 5) is 45.1. The van der Waals surface area contributed by atoms with Gasteiger partial charge in [0.1, 0.15) is 11.5 Å². The first-order chi connectivity index (χ1) is 13.9. The van der Waals surface area contributed by atoms with Crippen LogP contribution in [0.4, 0.5) is 15.8 Å². The van der Waals surface area contributed by atoms with Crippen LogP contribution in [0.1, 0.15) is 5.56 Å². The summed E-state index contributed by atoms with van der Waals surface area (Å²) in [6.07, 6.45) is 1.22. The van der Waals surface area contributed by atoms with Gasteiger partial charge in [-0.3, -0.25) is 19.7 Å². The molecule has 2 heterocycles. The maximum Gasteiger partial charge on any atom is 0.293 e. The molecule has 0 atom stereocenters. The largest absolute Gasteiger partial charge is 0.355 e. The fourth-order valence-electron chi connectivity index (χ4n) is 3.43. The highest BCUT2D eigenvalue weighted by atomic mass is 19.1. The number of benzene rings is 2. The number of aromatic amines is 1. The van der Waals surface area contributed by atoms with Gasteiger partial charge in [0.25, 0.3) is 11.2 Å². The van der Waals surface area contributed by atoms with Crippen molar-refractivity contribution >= 4 is 28.2 Å². The molecule has 0 spiro atoms. The van der Waals surface area contributed by atoms with E-state index in [9.17, 15) is 24.1 Å². The average Bonchev–Trinajstić information content (AvgIpc) is 2.69. The Kier molecular flexibility index (Phi) is 4.67. The van der Waals surface area contributed by atoms with Gasteiger partial charge in [-0.1, -0.05) is 12.1 Å². The van der Waals surface area contributed by atoms with Crippen LogP contribution in [0.25, 0.3) is 10.9 Å². The van der Waals surface area contributed by atoms with E-state index < -0.39 is 10.5 Å². The van der Waals surface area contributed by atoms with Crippen molar-refractivity contribution < 1.29 is 14.1 Å². The number of nitro groups is 1. The number of anilines is 1. The van der Waals surface area contributed by atoms with Gasteiger partial charge < -0.3 is 14.8 Å². The maximum absolute atomic E-state index is 13.4. The van der Waals surface area contributed by atoms with Gasteiger partial charge in [0, 0.05) is 25.7 Å². The zero-order chi connectivity index (χ0) is 20.5. The number of aromatic nitrogens is 2. The number of piperazine rings is 1. The van der Waals surface area contributed by atoms with E-state index in [1.165, 1.54) is 30.6 Å². The van der Waals surface area contributed by atoms with E-state index in [-0.39, 0.29) is 41.6 Å². The highest BCUT2D eigenvalue weighted by Crippen LogP contribution is 2.32. The van der Waals surface area contributed by atoms with E-state index in [4.69, 9.17) is 0 Å². The third kappa shape index (κ3) is 3.64. The monoisotopic (exact) mass is 397 g/mol. The average molecular weight is 397 g/mol. The molecule has 148 valence electrons. The number of H-pyrrole nitrogens is 1. The van der Waals surface area contributed by atoms with E-state index in [1.807, 2.05) is 0 Å². The molecule has 0 saturated carbocycles. The second-order valence-corrected chi connectivity index (χ2v) is 6.71. The first-order valence-corrected chi connectivity index (χ1v) is 8.85. The highest BCUT2D eigenvalue weighted by molar-refractivity contribution is 5.90. The molecule has 1 N–H and O–H groups in total. The molecule has 1 aliphatic heterocycles. The zero-order valence-corrected chi connectivity index (χ0v) is 15.2. The molecule has 29 heavy (non-hydrogen) atoms. The molecule has 1 fully saturated rings. The summed E-state index contributed by atoms with van der Waals surface area (Å²) in [6.45, 7) is 0.885. The number of nitrogens with zero attached hydrogens (tertiary/aromatic N) is 4. The summed E-state index contributed by atoms with van der Waals surface area (Å²) in [6, 6.07) is 8.66. The molecule has 0 radical (unpaired) electrons. The van der Waals surface area contributed by atoms with Crippen molar-refractivity contribution in [3.05, 3.63) is 74.6 Å². The van der Waals surface area contributed by atoms with Crippen LogP contribution in [0.15, 0.2) is 47.5 Å². The lowest BCUT2D eigenvalue weighted by atomic mass is 10.1. The standard InChI is InChI=1S/C19H16FN5O4/c20-13-3-1-2-12(6-13)9-24-5-4-23(10-18(24)26)16-8-15-14(7-17(16)25(28)29)19(27)22-11-21-15/h1-3,6-8,11H,4-5,9-10H2,(H,21,22,27). The number of nitrogens with one attached hydrogen (secondary N) is 1. The number of amides is 1. The minimum absolute atomic E-state index is 0.0646. The molecule has 0 unspecified atom stereocenters. The van der Waals surface area contributed by atoms with Gasteiger partial charge in [-0.25, -0.2) is 9.37 Å². The molecule has 4 rings (SSSR count). The normalized spacial score (nSPS) is 14.4. The minimum Gasteiger partial charge on any atom is -0.355 e. The predicted molar refractivity (Wildman–Crippen MR) is 103 cm³/mol. The predicted octanol–water partition coefficient (Wildman–Crippen LogP) is 1.82. The van der Waals surface area contributed by atoms with Crippen LogP contribution in [0, 0.1) is 15.9 Å². The molecule has 3 aromatic rings. The molecule has 1 saturated heterocycles. The Morgan fingerprint density at radius 2 is 2.03 bits per heavy atom. The van der Waals surface area contributed by atoms with E-state index in [0.717, 1.165) is 0 Å². The Morgan fingerprint density at radius 1 is 1.21 bits per heavy atom. The molecule has 0 bridgehead atoms. The third-order valence-corrected chi connectivity index (χ3v) is 4.86. The second-order valence-electron chi connectivity index (χ2n) is 6.71. The number of fused-ring (bicyclic) bond motifs is 1. The minimum atomic E-state index is -0.579. The Morgan fingerprint density at radius 3 is 2.76 bits per heavy atom. The van der Waals surface area contributed by atoms with E-state index in [2.05, 4.69) is 9.97 Å². The van der Waals surface area contributed by atoms with Crippen LogP contribution in [0.2, 0.25) is 0 Å². The molecule has 1 amide bonds. The Labute approximate surface area is 163 Å². The molecule has 9 nitrogen and oxygen atoms in total. The summed E-state index contributed by atoms with van der Waals surface area (Å²) in [5, 5.41) is 11.7. The number of rotatable bonds is 4. The first kappa shape index (κ1) is 18.5. The summed E-state index contributed by atoms with van der Waals surface area (Å²) < 4.78 is 13.4. The SMILES string of the molecule is O=C1CN(c2cc3nc[nH]c(=O)c3cc2[N+](=O)[O-])CCN1Cc1cccc(F)c1. The quantitative estimate of drug-likeness (QED) is 0.531. The van der Waals surface area contributed by atoms with Crippen molar-refractivity contribution in [2.24, 2.45) is 0 Å². The Bertz CT molecular complexity index is 1180. The molecular formula is C19H16FN5O4. The Hall–Kier alpha value is -3.82. The van der Waals surface area contributed by atoms with E-state index in [0.29, 0.717) is 24.2 Å². The van der Waals surface area contributed by atoms with Crippen LogP contribution < -0.4 is 10.5 Å². The van der Waals surface area contributed by atoms with Gasteiger partial charge in [0.15, 0.2) is 0 Å². The number of hydrogen-bond acceptors (Lipinski definition) is 6. The van der Waals surface area contributed by atoms with Crippen molar-refractivity contribution in [3.63, 3.8) is 0 Å². The summed E-state index contributed by atoms with van der Waals surface area (Å²) >= 11 is 0. The van der Waals surface area contributed by atoms with Gasteiger partial charge in [-0.2, -0.15) is 0 Å². The number of hydrogen-bond donors (Lipinski definition) is 1. The summed E-state index contributed by atoms with van der Waals surface area (Å²) in [7, 11) is 0. The van der Waals surface area contributed by atoms with Gasteiger partial charge in [0.05, 0.1) is 28.7 Å². The van der Waals surface area contributed by atoms with Crippen LogP contribution in [-0.4, -0.2) is 45.3 Å². The molecule has 1 aliphatic rings. The van der Waals surface area contributed by atoms with Gasteiger partial charge in [0.2, 0.25) is 5.91 Å². The third-order valence-electron chi connectivity index (χ3n) is 4.86. The lowest BCUT2D eigenvalue weighted by Crippen LogP contribution is -2.50. The Balaban J connectivity index is 1.61. The number of nitro benzene ring substituents is 1. The summed E-state index contributed by atoms with van der Waals surface area (Å²) in [5.74, 6) is -0.600. The topological polar surface area (TPSA) is 112 Å². The maximum atomic E-state index is 13.4. The van der Waals surface area contributed by atoms with Crippen molar-refractivity contribution in [3.8, 4) is 0 Å². The lowest BCUT2D eigenvalue weighted by Gasteiger charge is -2.35. The smallest absolute Gasteiger partial charge is 0.293 e. The molecule has 1 aromatic heterocycles. The number of halogens is 1. The zero-order valence-electron chi connectivity index (χ0n) is 15.2. The van der Waals surface area contributed by atoms with Gasteiger partial charge in [-0.05, 0) is 23.8 Å². The van der Waals surface area contributed by atoms with Gasteiger partial charge >= 0.3 is 0 Å². The molecule has 0 aliphatic carbocycles. The highest BCUT2D eigenvalue weighted by Gasteiger charge is 2.29. The summed E-state index contributed by atoms with van der Waals surface area (Å²) in [5.41, 5.74) is 0.485. The van der Waals surface area contributed by atoms with E-state index in [1.54, 1.807) is 21.9 Å². The van der Waals surface area contributed by atoms with Crippen LogP contribution in [0.5, 0.6) is 0 Å². The molecule has 10 heteroatoms. The van der Waals surface area contributed by atoms with Crippen molar-refractivity contribution in [2.75, 3.05) is 24.5 Å². The number of carbonyl (C=O) groups excluding carboxylic acids is 1. The van der Waals surface area contributed by atoms with E-state index >= 15 is 0 Å². The first-order valence-electron chi connectivity index (χ1n) is 8.85. The van der Waals surface area contributed by atoms with Crippen LogP contribution >= 0.6 is 0 Å². The van der Waals surface area contributed by atoms with Crippen molar-refractivity contribution in [1.29, 1.82) is 0 Å². The van der Waals surface area contributed by atoms with Gasteiger partial charge in [-0.15, -0.1) is 0 Å². The van der Waals surface area contributed by atoms with Crippen molar-refractivity contribution in [2.45, 2.75) is 6.54 Å². The van der Waals surface area contributed by atoms with Crippen molar-refractivity contribution in [1.82, 2.24) is 14.9 Å². The second kappa shape index (κ2) is 7.30. The fourth-order valence-corrected chi connectivity index (χ4v) is 3.43.